The number of aryl methyl sites for hydroxylation is 1. The van der Waals surface area contributed by atoms with Crippen LogP contribution in [-0.4, -0.2) is 18.5 Å². The smallest absolute Gasteiger partial charge is 0.279 e. The SMILES string of the molecule is C[n+]1c(Cl)sc2ccccc21.O=S(=O)(O)C(F)(F)F. The summed E-state index contributed by atoms with van der Waals surface area (Å²) in [6.07, 6.45) is 0. The van der Waals surface area contributed by atoms with E-state index < -0.39 is 15.6 Å². The number of alkyl halides is 3. The molecule has 0 saturated carbocycles. The van der Waals surface area contributed by atoms with Gasteiger partial charge >= 0.3 is 20.1 Å². The Morgan fingerprint density at radius 2 is 1.79 bits per heavy atom. The van der Waals surface area contributed by atoms with Crippen LogP contribution in [-0.2, 0) is 17.2 Å². The van der Waals surface area contributed by atoms with Crippen LogP contribution < -0.4 is 4.57 Å². The topological polar surface area (TPSA) is 58.2 Å². The molecular weight excluding hydrogens is 327 g/mol. The van der Waals surface area contributed by atoms with E-state index >= 15 is 0 Å². The second-order valence-corrected chi connectivity index (χ2v) is 6.33. The molecule has 0 radical (unpaired) electrons. The van der Waals surface area contributed by atoms with E-state index in [1.807, 2.05) is 23.7 Å². The highest BCUT2D eigenvalue weighted by Crippen LogP contribution is 2.22. The Morgan fingerprint density at radius 1 is 1.32 bits per heavy atom. The highest BCUT2D eigenvalue weighted by Gasteiger charge is 2.44. The molecule has 1 aromatic carbocycles. The number of aromatic nitrogens is 1. The summed E-state index contributed by atoms with van der Waals surface area (Å²) >= 11 is 7.54. The molecule has 1 aromatic heterocycles. The third kappa shape index (κ3) is 4.03. The minimum absolute atomic E-state index is 0.825. The van der Waals surface area contributed by atoms with Gasteiger partial charge < -0.3 is 0 Å². The Balaban J connectivity index is 0.000000203. The summed E-state index contributed by atoms with van der Waals surface area (Å²) in [5.41, 5.74) is -4.34. The van der Waals surface area contributed by atoms with E-state index in [0.717, 1.165) is 4.47 Å². The van der Waals surface area contributed by atoms with E-state index in [1.54, 1.807) is 11.3 Å². The lowest BCUT2D eigenvalue weighted by Gasteiger charge is -1.97. The third-order valence-electron chi connectivity index (χ3n) is 1.98. The first-order valence-electron chi connectivity index (χ1n) is 4.61. The van der Waals surface area contributed by atoms with Crippen molar-refractivity contribution in [2.75, 3.05) is 0 Å². The van der Waals surface area contributed by atoms with Crippen LogP contribution in [0.25, 0.3) is 10.2 Å². The number of hydrogen-bond acceptors (Lipinski definition) is 3. The Labute approximate surface area is 115 Å². The molecule has 0 aliphatic carbocycles. The fourth-order valence-corrected chi connectivity index (χ4v) is 2.29. The van der Waals surface area contributed by atoms with Crippen molar-refractivity contribution in [1.29, 1.82) is 0 Å². The van der Waals surface area contributed by atoms with Crippen molar-refractivity contribution < 1.29 is 30.7 Å². The van der Waals surface area contributed by atoms with E-state index in [4.69, 9.17) is 24.6 Å². The molecular formula is C9H8ClF3NO3S2+. The fourth-order valence-electron chi connectivity index (χ4n) is 1.07. The molecule has 0 amide bonds. The molecule has 1 heterocycles. The zero-order valence-electron chi connectivity index (χ0n) is 9.35. The van der Waals surface area contributed by atoms with Gasteiger partial charge in [0.05, 0.1) is 0 Å². The second kappa shape index (κ2) is 5.61. The van der Waals surface area contributed by atoms with Crippen molar-refractivity contribution in [3.05, 3.63) is 28.7 Å². The first kappa shape index (κ1) is 16.2. The third-order valence-corrected chi connectivity index (χ3v) is 4.05. The lowest BCUT2D eigenvalue weighted by atomic mass is 10.3. The molecule has 0 spiro atoms. The molecule has 10 heteroatoms. The van der Waals surface area contributed by atoms with E-state index in [2.05, 4.69) is 12.1 Å². The van der Waals surface area contributed by atoms with Gasteiger partial charge in [-0.1, -0.05) is 12.1 Å². The summed E-state index contributed by atoms with van der Waals surface area (Å²) in [4.78, 5) is 0. The number of para-hydroxylation sites is 1. The fraction of sp³-hybridized carbons (Fsp3) is 0.222. The standard InChI is InChI=1S/C8H7ClNS.CHF3O3S/c1-10-6-4-2-3-5-7(6)11-8(10)9;2-1(3,4)8(5,6)7/h2-5H,1H3;(H,5,6,7)/q+1;. The second-order valence-electron chi connectivity index (χ2n) is 3.30. The number of rotatable bonds is 0. The molecule has 0 unspecified atom stereocenters. The van der Waals surface area contributed by atoms with Crippen LogP contribution in [0.2, 0.25) is 4.47 Å². The number of nitrogens with zero attached hydrogens (tertiary/aromatic N) is 1. The number of halogens is 4. The van der Waals surface area contributed by atoms with Crippen molar-refractivity contribution in [2.45, 2.75) is 5.51 Å². The largest absolute Gasteiger partial charge is 0.522 e. The van der Waals surface area contributed by atoms with Crippen LogP contribution in [0.5, 0.6) is 0 Å². The summed E-state index contributed by atoms with van der Waals surface area (Å²) in [7, 11) is -3.87. The molecule has 0 saturated heterocycles. The zero-order chi connectivity index (χ0) is 14.8. The summed E-state index contributed by atoms with van der Waals surface area (Å²) in [6, 6.07) is 8.18. The quantitative estimate of drug-likeness (QED) is 0.458. The summed E-state index contributed by atoms with van der Waals surface area (Å²) in [5, 5.41) is 0. The van der Waals surface area contributed by atoms with Gasteiger partial charge in [0, 0.05) is 17.7 Å². The molecule has 2 aromatic rings. The summed E-state index contributed by atoms with van der Waals surface area (Å²) in [5.74, 6) is 0. The first-order chi connectivity index (χ1) is 8.54. The van der Waals surface area contributed by atoms with Gasteiger partial charge in [-0.05, 0) is 17.4 Å². The van der Waals surface area contributed by atoms with Crippen LogP contribution in [0, 0.1) is 0 Å². The highest BCUT2D eigenvalue weighted by molar-refractivity contribution is 7.86. The minimum Gasteiger partial charge on any atom is -0.279 e. The van der Waals surface area contributed by atoms with Crippen molar-refractivity contribution in [2.24, 2.45) is 7.05 Å². The summed E-state index contributed by atoms with van der Waals surface area (Å²) < 4.78 is 61.6. The van der Waals surface area contributed by atoms with Gasteiger partial charge in [-0.3, -0.25) is 4.55 Å². The molecule has 0 aliphatic heterocycles. The number of benzene rings is 1. The lowest BCUT2D eigenvalue weighted by Crippen LogP contribution is -2.26. The van der Waals surface area contributed by atoms with Crippen molar-refractivity contribution in [1.82, 2.24) is 0 Å². The molecule has 0 aliphatic rings. The molecule has 0 fully saturated rings. The molecule has 1 N–H and O–H groups in total. The van der Waals surface area contributed by atoms with Crippen molar-refractivity contribution in [3.63, 3.8) is 0 Å². The first-order valence-corrected chi connectivity index (χ1v) is 7.24. The highest BCUT2D eigenvalue weighted by atomic mass is 35.5. The molecule has 106 valence electrons. The average molecular weight is 335 g/mol. The zero-order valence-corrected chi connectivity index (χ0v) is 11.7. The predicted octanol–water partition coefficient (Wildman–Crippen LogP) is 2.77. The van der Waals surface area contributed by atoms with E-state index in [1.165, 1.54) is 10.2 Å². The van der Waals surface area contributed by atoms with Gasteiger partial charge in [0.1, 0.15) is 11.7 Å². The Morgan fingerprint density at radius 3 is 2.21 bits per heavy atom. The van der Waals surface area contributed by atoms with Gasteiger partial charge in [-0.15, -0.1) is 0 Å². The maximum Gasteiger partial charge on any atom is 0.522 e. The Bertz CT molecular complexity index is 682. The monoisotopic (exact) mass is 334 g/mol. The Hall–Kier alpha value is -0.900. The number of fused-ring (bicyclic) bond motifs is 1. The van der Waals surface area contributed by atoms with Gasteiger partial charge in [-0.2, -0.15) is 26.2 Å². The normalized spacial score (nSPS) is 12.1. The van der Waals surface area contributed by atoms with Crippen LogP contribution >= 0.6 is 22.9 Å². The lowest BCUT2D eigenvalue weighted by molar-refractivity contribution is -0.638. The molecule has 19 heavy (non-hydrogen) atoms. The maximum absolute atomic E-state index is 10.7. The predicted molar refractivity (Wildman–Crippen MR) is 65.6 cm³/mol. The van der Waals surface area contributed by atoms with E-state index in [9.17, 15) is 13.2 Å². The number of thiazole rings is 1. The van der Waals surface area contributed by atoms with Crippen LogP contribution in [0.15, 0.2) is 24.3 Å². The van der Waals surface area contributed by atoms with Crippen LogP contribution in [0.1, 0.15) is 0 Å². The van der Waals surface area contributed by atoms with Gasteiger partial charge in [-0.25, -0.2) is 0 Å². The van der Waals surface area contributed by atoms with Gasteiger partial charge in [0.15, 0.2) is 0 Å². The molecule has 0 atom stereocenters. The van der Waals surface area contributed by atoms with Gasteiger partial charge in [0.25, 0.3) is 0 Å². The minimum atomic E-state index is -5.84. The van der Waals surface area contributed by atoms with E-state index in [-0.39, 0.29) is 0 Å². The van der Waals surface area contributed by atoms with E-state index in [0.29, 0.717) is 0 Å². The molecule has 0 bridgehead atoms. The van der Waals surface area contributed by atoms with Crippen LogP contribution in [0.4, 0.5) is 13.2 Å². The number of hydrogen-bond donors (Lipinski definition) is 1. The molecule has 2 rings (SSSR count). The van der Waals surface area contributed by atoms with Crippen molar-refractivity contribution >= 4 is 43.3 Å². The Kier molecular flexibility index (Phi) is 4.77. The van der Waals surface area contributed by atoms with Crippen LogP contribution in [0.3, 0.4) is 0 Å². The molecule has 4 nitrogen and oxygen atoms in total. The summed E-state index contributed by atoms with van der Waals surface area (Å²) in [6.45, 7) is 0. The maximum atomic E-state index is 10.7. The van der Waals surface area contributed by atoms with Crippen molar-refractivity contribution in [3.8, 4) is 0 Å². The van der Waals surface area contributed by atoms with Gasteiger partial charge in [0.2, 0.25) is 5.52 Å². The average Bonchev–Trinajstić information content (AvgIpc) is 2.54.